The summed E-state index contributed by atoms with van der Waals surface area (Å²) in [7, 11) is 0. The van der Waals surface area contributed by atoms with Crippen molar-refractivity contribution in [2.24, 2.45) is 0 Å². The Kier molecular flexibility index (Phi) is 7.24. The zero-order valence-electron chi connectivity index (χ0n) is 17.6. The molecule has 3 aromatic rings. The first-order valence-electron chi connectivity index (χ1n) is 10.2. The number of aromatic nitrogens is 1. The number of nitrogens with zero attached hydrogens (tertiary/aromatic N) is 2. The third kappa shape index (κ3) is 5.48. The topological polar surface area (TPSA) is 57.8 Å². The standard InChI is InChI=1S/C26H27N3O/c1-20-16-24(21(2)29(20)19-23-12-7-4-8-13-23)17-25(18-27)26(30)28-15-9-14-22-10-5-3-6-11-22/h3-8,10-13,16-17H,9,14-15,19H2,1-2H3,(H,28,30)/b25-17-. The predicted octanol–water partition coefficient (Wildman–Crippen LogP) is 4.81. The molecule has 0 saturated heterocycles. The molecule has 2 aromatic carbocycles. The van der Waals surface area contributed by atoms with Gasteiger partial charge in [0.15, 0.2) is 0 Å². The second-order valence-corrected chi connectivity index (χ2v) is 7.41. The fourth-order valence-electron chi connectivity index (χ4n) is 3.52. The molecule has 1 heterocycles. The molecule has 152 valence electrons. The molecule has 0 saturated carbocycles. The number of hydrogen-bond acceptors (Lipinski definition) is 2. The molecule has 0 aliphatic rings. The maximum absolute atomic E-state index is 12.5. The van der Waals surface area contributed by atoms with Gasteiger partial charge in [-0.25, -0.2) is 0 Å². The summed E-state index contributed by atoms with van der Waals surface area (Å²) < 4.78 is 2.20. The molecule has 1 N–H and O–H groups in total. The second kappa shape index (κ2) is 10.3. The van der Waals surface area contributed by atoms with E-state index < -0.39 is 0 Å². The number of carbonyl (C=O) groups excluding carboxylic acids is 1. The molecule has 0 bridgehead atoms. The van der Waals surface area contributed by atoms with E-state index in [-0.39, 0.29) is 11.5 Å². The first-order valence-corrected chi connectivity index (χ1v) is 10.2. The average molecular weight is 398 g/mol. The van der Waals surface area contributed by atoms with Gasteiger partial charge in [0.2, 0.25) is 0 Å². The lowest BCUT2D eigenvalue weighted by molar-refractivity contribution is -0.117. The Balaban J connectivity index is 1.64. The lowest BCUT2D eigenvalue weighted by Gasteiger charge is -2.09. The van der Waals surface area contributed by atoms with Gasteiger partial charge in [0, 0.05) is 24.5 Å². The minimum atomic E-state index is -0.321. The van der Waals surface area contributed by atoms with E-state index in [1.807, 2.05) is 56.3 Å². The quantitative estimate of drug-likeness (QED) is 0.337. The summed E-state index contributed by atoms with van der Waals surface area (Å²) in [5.41, 5.74) is 5.64. The minimum Gasteiger partial charge on any atom is -0.351 e. The van der Waals surface area contributed by atoms with Gasteiger partial charge >= 0.3 is 0 Å². The molecule has 0 aliphatic heterocycles. The van der Waals surface area contributed by atoms with Gasteiger partial charge in [-0.05, 0) is 55.5 Å². The monoisotopic (exact) mass is 397 g/mol. The van der Waals surface area contributed by atoms with Gasteiger partial charge in [-0.2, -0.15) is 5.26 Å². The molecule has 4 heteroatoms. The first-order chi connectivity index (χ1) is 14.6. The van der Waals surface area contributed by atoms with Crippen LogP contribution in [0, 0.1) is 25.2 Å². The van der Waals surface area contributed by atoms with Crippen LogP contribution in [0.5, 0.6) is 0 Å². The van der Waals surface area contributed by atoms with Gasteiger partial charge in [0.1, 0.15) is 11.6 Å². The molecule has 4 nitrogen and oxygen atoms in total. The van der Waals surface area contributed by atoms with Gasteiger partial charge in [-0.3, -0.25) is 4.79 Å². The van der Waals surface area contributed by atoms with Crippen molar-refractivity contribution in [1.82, 2.24) is 9.88 Å². The van der Waals surface area contributed by atoms with Crippen LogP contribution in [0.3, 0.4) is 0 Å². The number of rotatable bonds is 8. The molecule has 0 atom stereocenters. The van der Waals surface area contributed by atoms with Gasteiger partial charge in [0.05, 0.1) is 0 Å². The van der Waals surface area contributed by atoms with Crippen molar-refractivity contribution in [2.75, 3.05) is 6.54 Å². The number of amides is 1. The van der Waals surface area contributed by atoms with Gasteiger partial charge in [0.25, 0.3) is 5.91 Å². The Bertz CT molecular complexity index is 1060. The zero-order chi connectivity index (χ0) is 21.3. The molecule has 0 aliphatic carbocycles. The van der Waals surface area contributed by atoms with Crippen LogP contribution in [0.1, 0.15) is 34.5 Å². The molecule has 1 amide bonds. The average Bonchev–Trinajstić information content (AvgIpc) is 3.03. The van der Waals surface area contributed by atoms with Crippen molar-refractivity contribution >= 4 is 12.0 Å². The van der Waals surface area contributed by atoms with Crippen LogP contribution in [0.4, 0.5) is 0 Å². The third-order valence-corrected chi connectivity index (χ3v) is 5.23. The summed E-state index contributed by atoms with van der Waals surface area (Å²) in [6.07, 6.45) is 3.42. The van der Waals surface area contributed by atoms with E-state index in [0.717, 1.165) is 36.3 Å². The lowest BCUT2D eigenvalue weighted by atomic mass is 10.1. The van der Waals surface area contributed by atoms with Crippen LogP contribution >= 0.6 is 0 Å². The van der Waals surface area contributed by atoms with Crippen LogP contribution in [-0.2, 0) is 17.8 Å². The Morgan fingerprint density at radius 1 is 1.03 bits per heavy atom. The molecule has 0 radical (unpaired) electrons. The largest absolute Gasteiger partial charge is 0.351 e. The maximum atomic E-state index is 12.5. The number of nitrogens with one attached hydrogen (secondary N) is 1. The van der Waals surface area contributed by atoms with Crippen molar-refractivity contribution in [3.8, 4) is 6.07 Å². The Morgan fingerprint density at radius 3 is 2.30 bits per heavy atom. The summed E-state index contributed by atoms with van der Waals surface area (Å²) in [4.78, 5) is 12.5. The Hall–Kier alpha value is -3.58. The summed E-state index contributed by atoms with van der Waals surface area (Å²) >= 11 is 0. The van der Waals surface area contributed by atoms with Crippen molar-refractivity contribution in [3.63, 3.8) is 0 Å². The van der Waals surface area contributed by atoms with E-state index in [0.29, 0.717) is 6.54 Å². The van der Waals surface area contributed by atoms with Crippen molar-refractivity contribution in [2.45, 2.75) is 33.2 Å². The van der Waals surface area contributed by atoms with Crippen molar-refractivity contribution in [1.29, 1.82) is 5.26 Å². The number of carbonyl (C=O) groups is 1. The van der Waals surface area contributed by atoms with E-state index in [2.05, 4.69) is 40.2 Å². The molecule has 0 fully saturated rings. The third-order valence-electron chi connectivity index (χ3n) is 5.23. The fraction of sp³-hybridized carbons (Fsp3) is 0.231. The van der Waals surface area contributed by atoms with Crippen molar-refractivity contribution in [3.05, 3.63) is 100 Å². The normalized spacial score (nSPS) is 11.2. The molecular weight excluding hydrogens is 370 g/mol. The first kappa shape index (κ1) is 21.1. The smallest absolute Gasteiger partial charge is 0.261 e. The summed E-state index contributed by atoms with van der Waals surface area (Å²) in [6, 6.07) is 24.5. The van der Waals surface area contributed by atoms with Gasteiger partial charge in [-0.15, -0.1) is 0 Å². The summed E-state index contributed by atoms with van der Waals surface area (Å²) in [5.74, 6) is -0.321. The minimum absolute atomic E-state index is 0.134. The summed E-state index contributed by atoms with van der Waals surface area (Å²) in [6.45, 7) is 5.37. The second-order valence-electron chi connectivity index (χ2n) is 7.41. The Morgan fingerprint density at radius 2 is 1.67 bits per heavy atom. The highest BCUT2D eigenvalue weighted by Crippen LogP contribution is 2.20. The highest BCUT2D eigenvalue weighted by atomic mass is 16.1. The molecule has 1 aromatic heterocycles. The molecule has 0 spiro atoms. The Labute approximate surface area is 178 Å². The van der Waals surface area contributed by atoms with E-state index >= 15 is 0 Å². The predicted molar refractivity (Wildman–Crippen MR) is 121 cm³/mol. The lowest BCUT2D eigenvalue weighted by Crippen LogP contribution is -2.25. The number of nitriles is 1. The number of hydrogen-bond donors (Lipinski definition) is 1. The van der Waals surface area contributed by atoms with Crippen LogP contribution in [0.15, 0.2) is 72.3 Å². The number of aryl methyl sites for hydroxylation is 2. The number of benzene rings is 2. The highest BCUT2D eigenvalue weighted by Gasteiger charge is 2.13. The molecule has 3 rings (SSSR count). The van der Waals surface area contributed by atoms with Crippen LogP contribution < -0.4 is 5.32 Å². The van der Waals surface area contributed by atoms with E-state index in [4.69, 9.17) is 0 Å². The fourth-order valence-corrected chi connectivity index (χ4v) is 3.52. The SMILES string of the molecule is Cc1cc(/C=C(/C#N)C(=O)NCCCc2ccccc2)c(C)n1Cc1ccccc1. The van der Waals surface area contributed by atoms with Crippen LogP contribution in [-0.4, -0.2) is 17.0 Å². The molecule has 0 unspecified atom stereocenters. The van der Waals surface area contributed by atoms with Gasteiger partial charge < -0.3 is 9.88 Å². The van der Waals surface area contributed by atoms with Gasteiger partial charge in [-0.1, -0.05) is 60.7 Å². The highest BCUT2D eigenvalue weighted by molar-refractivity contribution is 6.01. The van der Waals surface area contributed by atoms with Crippen molar-refractivity contribution < 1.29 is 4.79 Å². The van der Waals surface area contributed by atoms with E-state index in [9.17, 15) is 10.1 Å². The van der Waals surface area contributed by atoms with E-state index in [1.54, 1.807) is 6.08 Å². The van der Waals surface area contributed by atoms with Crippen LogP contribution in [0.2, 0.25) is 0 Å². The maximum Gasteiger partial charge on any atom is 0.261 e. The molecular formula is C26H27N3O. The molecule has 30 heavy (non-hydrogen) atoms. The zero-order valence-corrected chi connectivity index (χ0v) is 17.6. The van der Waals surface area contributed by atoms with E-state index in [1.165, 1.54) is 11.1 Å². The summed E-state index contributed by atoms with van der Waals surface area (Å²) in [5, 5.41) is 12.4. The van der Waals surface area contributed by atoms with Crippen LogP contribution in [0.25, 0.3) is 6.08 Å².